The van der Waals surface area contributed by atoms with E-state index in [0.717, 1.165) is 42.3 Å². The van der Waals surface area contributed by atoms with Gasteiger partial charge >= 0.3 is 0 Å². The fraction of sp³-hybridized carbons (Fsp3) is 0.467. The predicted molar refractivity (Wildman–Crippen MR) is 95.9 cm³/mol. The average Bonchev–Trinajstić information content (AvgIpc) is 3.37. The molecule has 3 aromatic heterocycles. The van der Waals surface area contributed by atoms with Gasteiger partial charge in [-0.1, -0.05) is 17.8 Å². The Labute approximate surface area is 153 Å². The summed E-state index contributed by atoms with van der Waals surface area (Å²) < 4.78 is 13.2. The van der Waals surface area contributed by atoms with Crippen molar-refractivity contribution in [2.24, 2.45) is 7.05 Å². The smallest absolute Gasteiger partial charge is 0.257 e. The quantitative estimate of drug-likeness (QED) is 0.627. The van der Waals surface area contributed by atoms with Gasteiger partial charge in [0.05, 0.1) is 23.3 Å². The molecule has 1 aliphatic rings. The molecule has 8 nitrogen and oxygen atoms in total. The highest BCUT2D eigenvalue weighted by Crippen LogP contribution is 2.35. The van der Waals surface area contributed by atoms with Crippen molar-refractivity contribution in [3.63, 3.8) is 0 Å². The van der Waals surface area contributed by atoms with E-state index in [0.29, 0.717) is 11.8 Å². The molecule has 4 rings (SSSR count). The maximum absolute atomic E-state index is 5.81. The molecule has 3 aromatic rings. The number of thiophene rings is 1. The van der Waals surface area contributed by atoms with Gasteiger partial charge in [0.15, 0.2) is 5.16 Å². The molecule has 10 heteroatoms. The van der Waals surface area contributed by atoms with Gasteiger partial charge in [-0.05, 0) is 18.4 Å². The van der Waals surface area contributed by atoms with Crippen LogP contribution in [-0.4, -0.2) is 51.3 Å². The van der Waals surface area contributed by atoms with E-state index in [1.54, 1.807) is 23.1 Å². The van der Waals surface area contributed by atoms with Crippen LogP contribution in [-0.2, 0) is 11.8 Å². The standard InChI is InChI=1S/C15H18N6O2S2/c1-10(12-16-17-13(23-12)11-4-3-9-24-11)25-15-19-18-14(20(15)2)21-5-7-22-8-6-21/h3-4,9-10H,5-8H2,1-2H3. The fourth-order valence-electron chi connectivity index (χ4n) is 2.56. The lowest BCUT2D eigenvalue weighted by Gasteiger charge is -2.27. The Bertz CT molecular complexity index is 825. The van der Waals surface area contributed by atoms with Crippen molar-refractivity contribution in [3.05, 3.63) is 23.4 Å². The number of hydrogen-bond donors (Lipinski definition) is 0. The molecule has 0 N–H and O–H groups in total. The van der Waals surface area contributed by atoms with Crippen LogP contribution in [0.4, 0.5) is 5.95 Å². The van der Waals surface area contributed by atoms with Crippen LogP contribution < -0.4 is 4.90 Å². The lowest BCUT2D eigenvalue weighted by atomic mass is 10.4. The molecule has 25 heavy (non-hydrogen) atoms. The molecule has 0 radical (unpaired) electrons. The zero-order valence-corrected chi connectivity index (χ0v) is 15.6. The number of morpholine rings is 1. The molecule has 0 saturated carbocycles. The monoisotopic (exact) mass is 378 g/mol. The van der Waals surface area contributed by atoms with Crippen molar-refractivity contribution in [1.29, 1.82) is 0 Å². The van der Waals surface area contributed by atoms with E-state index in [4.69, 9.17) is 9.15 Å². The van der Waals surface area contributed by atoms with Crippen LogP contribution in [0.25, 0.3) is 10.8 Å². The fourth-order valence-corrected chi connectivity index (χ4v) is 4.04. The van der Waals surface area contributed by atoms with Gasteiger partial charge in [-0.15, -0.1) is 31.7 Å². The number of anilines is 1. The van der Waals surface area contributed by atoms with E-state index in [1.165, 1.54) is 0 Å². The highest BCUT2D eigenvalue weighted by molar-refractivity contribution is 7.99. The Hall–Kier alpha value is -1.91. The third kappa shape index (κ3) is 3.42. The van der Waals surface area contributed by atoms with Gasteiger partial charge in [-0.3, -0.25) is 4.57 Å². The van der Waals surface area contributed by atoms with Crippen LogP contribution in [0.1, 0.15) is 18.1 Å². The number of ether oxygens (including phenoxy) is 1. The minimum atomic E-state index is -0.0124. The summed E-state index contributed by atoms with van der Waals surface area (Å²) in [5.74, 6) is 2.01. The third-order valence-corrected chi connectivity index (χ3v) is 5.89. The van der Waals surface area contributed by atoms with Gasteiger partial charge in [0.2, 0.25) is 11.8 Å². The molecule has 1 saturated heterocycles. The summed E-state index contributed by atoms with van der Waals surface area (Å²) in [7, 11) is 1.98. The molecular formula is C15H18N6O2S2. The molecule has 0 aliphatic carbocycles. The molecule has 4 heterocycles. The van der Waals surface area contributed by atoms with Crippen LogP contribution >= 0.6 is 23.1 Å². The summed E-state index contributed by atoms with van der Waals surface area (Å²) in [4.78, 5) is 3.16. The minimum absolute atomic E-state index is 0.0124. The molecule has 0 amide bonds. The summed E-state index contributed by atoms with van der Waals surface area (Å²) in [5.41, 5.74) is 0. The number of nitrogens with zero attached hydrogens (tertiary/aromatic N) is 6. The normalized spacial score (nSPS) is 16.3. The Kier molecular flexibility index (Phi) is 4.73. The second-order valence-corrected chi connectivity index (χ2v) is 7.88. The zero-order chi connectivity index (χ0) is 17.2. The largest absolute Gasteiger partial charge is 0.419 e. The first kappa shape index (κ1) is 16.6. The zero-order valence-electron chi connectivity index (χ0n) is 14.0. The lowest BCUT2D eigenvalue weighted by molar-refractivity contribution is 0.121. The van der Waals surface area contributed by atoms with Gasteiger partial charge in [-0.25, -0.2) is 0 Å². The molecule has 0 aromatic carbocycles. The Balaban J connectivity index is 1.47. The molecule has 1 unspecified atom stereocenters. The van der Waals surface area contributed by atoms with E-state index in [1.807, 2.05) is 36.1 Å². The number of thioether (sulfide) groups is 1. The van der Waals surface area contributed by atoms with Gasteiger partial charge in [-0.2, -0.15) is 0 Å². The third-order valence-electron chi connectivity index (χ3n) is 3.91. The van der Waals surface area contributed by atoms with Crippen molar-refractivity contribution < 1.29 is 9.15 Å². The first-order valence-corrected chi connectivity index (χ1v) is 9.74. The SMILES string of the molecule is CC(Sc1nnc(N2CCOCC2)n1C)c1nnc(-c2cccs2)o1. The summed E-state index contributed by atoms with van der Waals surface area (Å²) >= 11 is 3.14. The average molecular weight is 378 g/mol. The summed E-state index contributed by atoms with van der Waals surface area (Å²) in [6, 6.07) is 3.94. The Morgan fingerprint density at radius 2 is 2.04 bits per heavy atom. The number of aromatic nitrogens is 5. The molecule has 0 spiro atoms. The van der Waals surface area contributed by atoms with Gasteiger partial charge in [0.1, 0.15) is 0 Å². The van der Waals surface area contributed by atoms with Crippen molar-refractivity contribution in [3.8, 4) is 10.8 Å². The number of hydrogen-bond acceptors (Lipinski definition) is 9. The second-order valence-electron chi connectivity index (χ2n) is 5.62. The van der Waals surface area contributed by atoms with E-state index in [2.05, 4.69) is 25.3 Å². The van der Waals surface area contributed by atoms with Crippen LogP contribution in [0, 0.1) is 0 Å². The molecule has 1 fully saturated rings. The summed E-state index contributed by atoms with van der Waals surface area (Å²) in [5, 5.41) is 19.8. The topological polar surface area (TPSA) is 82.1 Å². The van der Waals surface area contributed by atoms with E-state index in [9.17, 15) is 0 Å². The summed E-state index contributed by atoms with van der Waals surface area (Å²) in [6.07, 6.45) is 0. The molecule has 0 bridgehead atoms. The minimum Gasteiger partial charge on any atom is -0.419 e. The molecule has 132 valence electrons. The highest BCUT2D eigenvalue weighted by atomic mass is 32.2. The van der Waals surface area contributed by atoms with Gasteiger partial charge < -0.3 is 14.1 Å². The van der Waals surface area contributed by atoms with Gasteiger partial charge in [0, 0.05) is 20.1 Å². The Morgan fingerprint density at radius 1 is 1.20 bits per heavy atom. The summed E-state index contributed by atoms with van der Waals surface area (Å²) in [6.45, 7) is 5.14. The first-order valence-electron chi connectivity index (χ1n) is 7.98. The van der Waals surface area contributed by atoms with Crippen molar-refractivity contribution in [2.45, 2.75) is 17.3 Å². The van der Waals surface area contributed by atoms with Crippen LogP contribution in [0.5, 0.6) is 0 Å². The van der Waals surface area contributed by atoms with Crippen molar-refractivity contribution >= 4 is 29.0 Å². The van der Waals surface area contributed by atoms with Crippen LogP contribution in [0.2, 0.25) is 0 Å². The van der Waals surface area contributed by atoms with E-state index < -0.39 is 0 Å². The molecule has 1 aliphatic heterocycles. The maximum Gasteiger partial charge on any atom is 0.257 e. The highest BCUT2D eigenvalue weighted by Gasteiger charge is 2.22. The molecular weight excluding hydrogens is 360 g/mol. The lowest BCUT2D eigenvalue weighted by Crippen LogP contribution is -2.37. The van der Waals surface area contributed by atoms with Crippen LogP contribution in [0.15, 0.2) is 27.1 Å². The van der Waals surface area contributed by atoms with E-state index >= 15 is 0 Å². The number of rotatable bonds is 5. The first-order chi connectivity index (χ1) is 12.2. The van der Waals surface area contributed by atoms with Gasteiger partial charge in [0.25, 0.3) is 5.89 Å². The maximum atomic E-state index is 5.81. The second kappa shape index (κ2) is 7.14. The Morgan fingerprint density at radius 3 is 2.80 bits per heavy atom. The van der Waals surface area contributed by atoms with E-state index in [-0.39, 0.29) is 5.25 Å². The molecule has 1 atom stereocenters. The van der Waals surface area contributed by atoms with Crippen LogP contribution in [0.3, 0.4) is 0 Å². The predicted octanol–water partition coefficient (Wildman–Crippen LogP) is 2.62. The van der Waals surface area contributed by atoms with Crippen molar-refractivity contribution in [2.75, 3.05) is 31.2 Å². The van der Waals surface area contributed by atoms with Crippen molar-refractivity contribution in [1.82, 2.24) is 25.0 Å².